The minimum absolute atomic E-state index is 0.00397. The lowest BCUT2D eigenvalue weighted by Gasteiger charge is -2.22. The maximum Gasteiger partial charge on any atom is 0.155 e. The summed E-state index contributed by atoms with van der Waals surface area (Å²) in [5.41, 5.74) is 6.52. The van der Waals surface area contributed by atoms with Crippen LogP contribution in [0.15, 0.2) is 6.07 Å². The Hall–Kier alpha value is -0.380. The van der Waals surface area contributed by atoms with Crippen LogP contribution in [0.4, 0.5) is 0 Å². The summed E-state index contributed by atoms with van der Waals surface area (Å²) >= 11 is 11.6. The molecule has 0 aliphatic rings. The Morgan fingerprint density at radius 3 is 2.57 bits per heavy atom. The first-order valence-corrected chi connectivity index (χ1v) is 5.08. The van der Waals surface area contributed by atoms with Crippen LogP contribution < -0.4 is 5.73 Å². The van der Waals surface area contributed by atoms with Crippen molar-refractivity contribution in [3.63, 3.8) is 0 Å². The van der Waals surface area contributed by atoms with Crippen LogP contribution in [0.25, 0.3) is 0 Å². The van der Waals surface area contributed by atoms with Gasteiger partial charge in [-0.1, -0.05) is 37.0 Å². The summed E-state index contributed by atoms with van der Waals surface area (Å²) in [5, 5.41) is 8.14. The Morgan fingerprint density at radius 1 is 1.36 bits per heavy atom. The Morgan fingerprint density at radius 2 is 2.00 bits per heavy atom. The Labute approximate surface area is 93.6 Å². The monoisotopic (exact) mass is 233 g/mol. The molecule has 2 N–H and O–H groups in total. The van der Waals surface area contributed by atoms with Gasteiger partial charge in [-0.05, 0) is 30.0 Å². The molecule has 1 aromatic heterocycles. The van der Waals surface area contributed by atoms with Crippen LogP contribution in [0.5, 0.6) is 0 Å². The van der Waals surface area contributed by atoms with Crippen molar-refractivity contribution < 1.29 is 0 Å². The molecule has 0 aliphatic carbocycles. The number of hydrogen-bond acceptors (Lipinski definition) is 3. The molecule has 0 amide bonds. The van der Waals surface area contributed by atoms with Gasteiger partial charge in [0.15, 0.2) is 10.3 Å². The average molecular weight is 234 g/mol. The Bertz CT molecular complexity index is 326. The van der Waals surface area contributed by atoms with Crippen molar-refractivity contribution in [1.82, 2.24) is 10.2 Å². The normalized spacial score (nSPS) is 11.8. The first-order chi connectivity index (χ1) is 6.44. The number of halogens is 2. The Kier molecular flexibility index (Phi) is 3.70. The van der Waals surface area contributed by atoms with Crippen LogP contribution in [-0.4, -0.2) is 16.7 Å². The van der Waals surface area contributed by atoms with Crippen LogP contribution in [0.1, 0.15) is 19.4 Å². The topological polar surface area (TPSA) is 51.8 Å². The van der Waals surface area contributed by atoms with Crippen LogP contribution in [0.2, 0.25) is 10.3 Å². The van der Waals surface area contributed by atoms with Crippen LogP contribution in [-0.2, 0) is 6.42 Å². The van der Waals surface area contributed by atoms with E-state index >= 15 is 0 Å². The van der Waals surface area contributed by atoms with Crippen LogP contribution >= 0.6 is 23.2 Å². The summed E-state index contributed by atoms with van der Waals surface area (Å²) in [6.45, 7) is 4.72. The number of rotatable bonds is 3. The second-order valence-corrected chi connectivity index (χ2v) is 4.77. The molecule has 1 heterocycles. The number of aromatic nitrogens is 2. The number of hydrogen-bond donors (Lipinski definition) is 1. The van der Waals surface area contributed by atoms with E-state index in [-0.39, 0.29) is 5.41 Å². The third kappa shape index (κ3) is 3.08. The van der Waals surface area contributed by atoms with E-state index in [1.807, 2.05) is 0 Å². The predicted molar refractivity (Wildman–Crippen MR) is 58.6 cm³/mol. The minimum atomic E-state index is -0.00397. The first-order valence-electron chi connectivity index (χ1n) is 4.32. The quantitative estimate of drug-likeness (QED) is 0.872. The molecule has 0 aromatic carbocycles. The molecule has 14 heavy (non-hydrogen) atoms. The third-order valence-electron chi connectivity index (χ3n) is 2.01. The third-order valence-corrected chi connectivity index (χ3v) is 2.52. The molecule has 3 nitrogen and oxygen atoms in total. The molecular formula is C9H13Cl2N3. The van der Waals surface area contributed by atoms with Crippen molar-refractivity contribution in [3.8, 4) is 0 Å². The van der Waals surface area contributed by atoms with Crippen molar-refractivity contribution in [1.29, 1.82) is 0 Å². The van der Waals surface area contributed by atoms with Gasteiger partial charge >= 0.3 is 0 Å². The standard InChI is InChI=1S/C9H13Cl2N3/c1-9(2,5-12)4-6-3-7(10)13-14-8(6)11/h3H,4-5,12H2,1-2H3. The highest BCUT2D eigenvalue weighted by Crippen LogP contribution is 2.25. The van der Waals surface area contributed by atoms with E-state index in [0.29, 0.717) is 16.9 Å². The van der Waals surface area contributed by atoms with Crippen molar-refractivity contribution in [2.24, 2.45) is 11.1 Å². The van der Waals surface area contributed by atoms with Gasteiger partial charge in [-0.25, -0.2) is 0 Å². The lowest BCUT2D eigenvalue weighted by molar-refractivity contribution is 0.376. The van der Waals surface area contributed by atoms with Crippen molar-refractivity contribution in [2.45, 2.75) is 20.3 Å². The van der Waals surface area contributed by atoms with Crippen LogP contribution in [0.3, 0.4) is 0 Å². The summed E-state index contributed by atoms with van der Waals surface area (Å²) in [6.07, 6.45) is 0.748. The number of nitrogens with zero attached hydrogens (tertiary/aromatic N) is 2. The van der Waals surface area contributed by atoms with Gasteiger partial charge < -0.3 is 5.73 Å². The van der Waals surface area contributed by atoms with Crippen LogP contribution in [0, 0.1) is 5.41 Å². The Balaban J connectivity index is 2.91. The fourth-order valence-electron chi connectivity index (χ4n) is 1.10. The van der Waals surface area contributed by atoms with E-state index in [9.17, 15) is 0 Å². The summed E-state index contributed by atoms with van der Waals surface area (Å²) < 4.78 is 0. The molecule has 0 saturated heterocycles. The zero-order chi connectivity index (χ0) is 10.8. The van der Waals surface area contributed by atoms with E-state index < -0.39 is 0 Å². The van der Waals surface area contributed by atoms with E-state index in [4.69, 9.17) is 28.9 Å². The molecule has 0 spiro atoms. The van der Waals surface area contributed by atoms with Crippen molar-refractivity contribution >= 4 is 23.2 Å². The summed E-state index contributed by atoms with van der Waals surface area (Å²) in [5.74, 6) is 0. The SMILES string of the molecule is CC(C)(CN)Cc1cc(Cl)nnc1Cl. The largest absolute Gasteiger partial charge is 0.330 e. The van der Waals surface area contributed by atoms with Crippen molar-refractivity contribution in [2.75, 3.05) is 6.54 Å². The van der Waals surface area contributed by atoms with Gasteiger partial charge in [-0.2, -0.15) is 0 Å². The molecule has 5 heteroatoms. The minimum Gasteiger partial charge on any atom is -0.330 e. The second kappa shape index (κ2) is 4.43. The predicted octanol–water partition coefficient (Wildman–Crippen LogP) is 2.31. The molecular weight excluding hydrogens is 221 g/mol. The smallest absolute Gasteiger partial charge is 0.155 e. The van der Waals surface area contributed by atoms with Crippen molar-refractivity contribution in [3.05, 3.63) is 21.9 Å². The van der Waals surface area contributed by atoms with E-state index in [1.54, 1.807) is 6.07 Å². The molecule has 0 unspecified atom stereocenters. The zero-order valence-corrected chi connectivity index (χ0v) is 9.73. The van der Waals surface area contributed by atoms with Gasteiger partial charge in [0.05, 0.1) is 0 Å². The molecule has 0 aliphatic heterocycles. The highest BCUT2D eigenvalue weighted by molar-refractivity contribution is 6.31. The molecule has 0 saturated carbocycles. The fraction of sp³-hybridized carbons (Fsp3) is 0.556. The highest BCUT2D eigenvalue weighted by Gasteiger charge is 2.18. The molecule has 78 valence electrons. The van der Waals surface area contributed by atoms with Gasteiger partial charge in [-0.15, -0.1) is 10.2 Å². The fourth-order valence-corrected chi connectivity index (χ4v) is 1.43. The summed E-state index contributed by atoms with van der Waals surface area (Å²) in [7, 11) is 0. The highest BCUT2D eigenvalue weighted by atomic mass is 35.5. The molecule has 1 rings (SSSR count). The maximum absolute atomic E-state index is 5.89. The van der Waals surface area contributed by atoms with E-state index in [2.05, 4.69) is 24.0 Å². The molecule has 0 fully saturated rings. The van der Waals surface area contributed by atoms with Gasteiger partial charge in [-0.3, -0.25) is 0 Å². The molecule has 0 radical (unpaired) electrons. The number of nitrogens with two attached hydrogens (primary N) is 1. The molecule has 1 aromatic rings. The first kappa shape index (κ1) is 11.7. The zero-order valence-electron chi connectivity index (χ0n) is 8.22. The van der Waals surface area contributed by atoms with E-state index in [0.717, 1.165) is 12.0 Å². The van der Waals surface area contributed by atoms with E-state index in [1.165, 1.54) is 0 Å². The summed E-state index contributed by atoms with van der Waals surface area (Å²) in [4.78, 5) is 0. The van der Waals surface area contributed by atoms with Gasteiger partial charge in [0.1, 0.15) is 0 Å². The second-order valence-electron chi connectivity index (χ2n) is 4.03. The molecule has 0 bridgehead atoms. The lowest BCUT2D eigenvalue weighted by atomic mass is 9.87. The summed E-state index contributed by atoms with van der Waals surface area (Å²) in [6, 6.07) is 1.73. The maximum atomic E-state index is 5.89. The van der Waals surface area contributed by atoms with Gasteiger partial charge in [0.2, 0.25) is 0 Å². The average Bonchev–Trinajstić information content (AvgIpc) is 2.11. The molecule has 0 atom stereocenters. The lowest BCUT2D eigenvalue weighted by Crippen LogP contribution is -2.26. The van der Waals surface area contributed by atoms with Gasteiger partial charge in [0.25, 0.3) is 0 Å². The van der Waals surface area contributed by atoms with Gasteiger partial charge in [0, 0.05) is 0 Å².